The molecule has 0 heterocycles. The number of hydrogen-bond acceptors (Lipinski definition) is 0. The van der Waals surface area contributed by atoms with Gasteiger partial charge in [-0.25, -0.2) is 0 Å². The molecule has 0 atom stereocenters. The number of hydrogen-bond donors (Lipinski definition) is 0. The second-order valence-electron chi connectivity index (χ2n) is 0. The van der Waals surface area contributed by atoms with Gasteiger partial charge in [0, 0.05) is 0 Å². The maximum absolute atomic E-state index is 0. The summed E-state index contributed by atoms with van der Waals surface area (Å²) in [7, 11) is 0. The zero-order valence-corrected chi connectivity index (χ0v) is 5.09. The summed E-state index contributed by atoms with van der Waals surface area (Å²) in [6.07, 6.45) is 0. The monoisotopic (exact) mass is 252 g/mol. The van der Waals surface area contributed by atoms with Crippen LogP contribution in [0.1, 0.15) is 0 Å². The molecule has 0 saturated heterocycles. The van der Waals surface area contributed by atoms with Crippen LogP contribution in [0, 0.1) is 0 Å². The van der Waals surface area contributed by atoms with Gasteiger partial charge in [0.1, 0.15) is 0 Å². The van der Waals surface area contributed by atoms with Crippen molar-refractivity contribution in [1.82, 2.24) is 0 Å². The van der Waals surface area contributed by atoms with Gasteiger partial charge in [-0.05, 0) is 0 Å². The van der Waals surface area contributed by atoms with E-state index >= 15 is 0 Å². The SMILES string of the molecule is [Al+3].[Au+3].[N-3].[N-3]. The molecule has 0 rings (SSSR count). The van der Waals surface area contributed by atoms with Crippen molar-refractivity contribution in [2.45, 2.75) is 0 Å². The molecule has 0 unspecified atom stereocenters. The molecule has 0 aromatic carbocycles. The van der Waals surface area contributed by atoms with Crippen LogP contribution in [0.15, 0.2) is 0 Å². The topological polar surface area (TPSA) is 61.0 Å². The van der Waals surface area contributed by atoms with E-state index in [1.165, 1.54) is 0 Å². The van der Waals surface area contributed by atoms with Crippen LogP contribution in [0.25, 0.3) is 12.3 Å². The molecule has 0 aromatic heterocycles. The van der Waals surface area contributed by atoms with Crippen molar-refractivity contribution in [3.8, 4) is 0 Å². The zero-order chi connectivity index (χ0) is 0. The third-order valence-corrected chi connectivity index (χ3v) is 0. The van der Waals surface area contributed by atoms with E-state index in [-0.39, 0.29) is 52.0 Å². The smallest absolute Gasteiger partial charge is 3.00 e. The van der Waals surface area contributed by atoms with Crippen molar-refractivity contribution >= 4 is 17.4 Å². The maximum atomic E-state index is 0. The standard InChI is InChI=1S/Al.Au.2N/q2*+3;2*-3. The Labute approximate surface area is 52.1 Å². The van der Waals surface area contributed by atoms with Gasteiger partial charge in [-0.1, -0.05) is 0 Å². The number of nitrogens with zero attached hydrogens (tertiary/aromatic N) is 2. The molecule has 4 heavy (non-hydrogen) atoms. The molecule has 0 aromatic rings. The summed E-state index contributed by atoms with van der Waals surface area (Å²) >= 11 is 0. The Morgan fingerprint density at radius 2 is 0.750 bits per heavy atom. The van der Waals surface area contributed by atoms with E-state index in [0.717, 1.165) is 0 Å². The minimum Gasteiger partial charge on any atom is -3.00 e. The average molecular weight is 252 g/mol. The van der Waals surface area contributed by atoms with Gasteiger partial charge in [0.15, 0.2) is 0 Å². The van der Waals surface area contributed by atoms with Gasteiger partial charge in [-0.2, -0.15) is 0 Å². The molecule has 0 aliphatic rings. The van der Waals surface area contributed by atoms with E-state index in [9.17, 15) is 0 Å². The Bertz CT molecular complexity index is 6.00. The van der Waals surface area contributed by atoms with Crippen LogP contribution in [-0.4, -0.2) is 17.4 Å². The maximum Gasteiger partial charge on any atom is 3.00 e. The molecule has 0 spiro atoms. The molecule has 2 nitrogen and oxygen atoms in total. The van der Waals surface area contributed by atoms with Gasteiger partial charge in [0.05, 0.1) is 0 Å². The van der Waals surface area contributed by atoms with Gasteiger partial charge < -0.3 is 12.3 Å². The summed E-state index contributed by atoms with van der Waals surface area (Å²) in [4.78, 5) is 0. The van der Waals surface area contributed by atoms with Crippen LogP contribution in [0.5, 0.6) is 0 Å². The molecule has 0 N–H and O–H groups in total. The second-order valence-corrected chi connectivity index (χ2v) is 0. The van der Waals surface area contributed by atoms with Gasteiger partial charge >= 0.3 is 39.7 Å². The van der Waals surface area contributed by atoms with Gasteiger partial charge in [-0.3, -0.25) is 0 Å². The van der Waals surface area contributed by atoms with E-state index in [0.29, 0.717) is 0 Å². The van der Waals surface area contributed by atoms with Crippen molar-refractivity contribution in [2.24, 2.45) is 0 Å². The zero-order valence-electron chi connectivity index (χ0n) is 1.77. The minimum atomic E-state index is 0. The van der Waals surface area contributed by atoms with E-state index in [1.54, 1.807) is 0 Å². The van der Waals surface area contributed by atoms with Crippen LogP contribution in [0.3, 0.4) is 0 Å². The molecule has 0 amide bonds. The van der Waals surface area contributed by atoms with Crippen LogP contribution in [0.2, 0.25) is 0 Å². The molecule has 0 bridgehead atoms. The first-order valence-corrected chi connectivity index (χ1v) is 0. The first-order valence-electron chi connectivity index (χ1n) is 0. The van der Waals surface area contributed by atoms with Gasteiger partial charge in [0.2, 0.25) is 0 Å². The second kappa shape index (κ2) is 30.0. The van der Waals surface area contributed by atoms with Crippen molar-refractivity contribution < 1.29 is 22.4 Å². The molecule has 0 saturated carbocycles. The first-order chi connectivity index (χ1) is 0. The summed E-state index contributed by atoms with van der Waals surface area (Å²) in [5.74, 6) is 0. The predicted octanol–water partition coefficient (Wildman–Crippen LogP) is 0.194. The Hall–Kier alpha value is 1.19. The van der Waals surface area contributed by atoms with E-state index in [2.05, 4.69) is 0 Å². The van der Waals surface area contributed by atoms with Crippen molar-refractivity contribution in [3.63, 3.8) is 0 Å². The molecule has 0 aliphatic heterocycles. The van der Waals surface area contributed by atoms with Gasteiger partial charge in [-0.15, -0.1) is 0 Å². The summed E-state index contributed by atoms with van der Waals surface area (Å²) in [5.41, 5.74) is 0. The van der Waals surface area contributed by atoms with Crippen LogP contribution in [-0.2, 0) is 22.4 Å². The van der Waals surface area contributed by atoms with Crippen molar-refractivity contribution in [2.75, 3.05) is 0 Å². The molecular weight excluding hydrogens is 252 g/mol. The Balaban J connectivity index is 0. The van der Waals surface area contributed by atoms with Crippen molar-refractivity contribution in [1.29, 1.82) is 0 Å². The Morgan fingerprint density at radius 1 is 0.750 bits per heavy atom. The molecule has 4 heteroatoms. The summed E-state index contributed by atoms with van der Waals surface area (Å²) in [6, 6.07) is 0. The molecule has 0 fully saturated rings. The number of rotatable bonds is 0. The third-order valence-electron chi connectivity index (χ3n) is 0. The fourth-order valence-corrected chi connectivity index (χ4v) is 0. The van der Waals surface area contributed by atoms with Crippen LogP contribution in [0.4, 0.5) is 0 Å². The van der Waals surface area contributed by atoms with Crippen LogP contribution < -0.4 is 0 Å². The quantitative estimate of drug-likeness (QED) is 0.553. The summed E-state index contributed by atoms with van der Waals surface area (Å²) in [5, 5.41) is 0. The van der Waals surface area contributed by atoms with Gasteiger partial charge in [0.25, 0.3) is 0 Å². The van der Waals surface area contributed by atoms with E-state index in [1.807, 2.05) is 0 Å². The largest absolute Gasteiger partial charge is 3.00 e. The average Bonchev–Trinajstić information content (AvgIpc) is 0. The fourth-order valence-electron chi connectivity index (χ4n) is 0. The Morgan fingerprint density at radius 3 is 0.750 bits per heavy atom. The normalized spacial score (nSPS) is 0. The molecule has 0 radical (unpaired) electrons. The van der Waals surface area contributed by atoms with E-state index in [4.69, 9.17) is 0 Å². The first kappa shape index (κ1) is 64.2. The fraction of sp³-hybridized carbons (Fsp3) is 0. The third kappa shape index (κ3) is 10.8. The van der Waals surface area contributed by atoms with Crippen molar-refractivity contribution in [3.05, 3.63) is 12.3 Å². The molecule has 24 valence electrons. The minimum absolute atomic E-state index is 0. The van der Waals surface area contributed by atoms with E-state index < -0.39 is 0 Å². The molecule has 0 aliphatic carbocycles. The van der Waals surface area contributed by atoms with Crippen LogP contribution >= 0.6 is 0 Å². The summed E-state index contributed by atoms with van der Waals surface area (Å²) in [6.45, 7) is 0. The Kier molecular flexibility index (Phi) is 482. The molecular formula is AlAuN2. The predicted molar refractivity (Wildman–Crippen MR) is 12.5 cm³/mol. The summed E-state index contributed by atoms with van der Waals surface area (Å²) < 4.78 is 0.